The Morgan fingerprint density at radius 1 is 1.05 bits per heavy atom. The van der Waals surface area contributed by atoms with E-state index in [0.717, 1.165) is 5.69 Å². The molecule has 0 aliphatic heterocycles. The maximum atomic E-state index is 9.42. The van der Waals surface area contributed by atoms with Gasteiger partial charge in [0.15, 0.2) is 0 Å². The summed E-state index contributed by atoms with van der Waals surface area (Å²) in [6.45, 7) is 0.0611. The van der Waals surface area contributed by atoms with Crippen molar-refractivity contribution in [3.05, 3.63) is 71.0 Å². The minimum absolute atomic E-state index is 0.188. The first kappa shape index (κ1) is 14.6. The molecule has 0 spiro atoms. The second kappa shape index (κ2) is 6.60. The lowest BCUT2D eigenvalue weighted by Gasteiger charge is -2.09. The number of ether oxygens (including phenoxy) is 1. The summed E-state index contributed by atoms with van der Waals surface area (Å²) in [5.74, 6) is 0.689. The summed E-state index contributed by atoms with van der Waals surface area (Å²) in [4.78, 5) is 0. The fraction of sp³-hybridized carbons (Fsp3) is 0.125. The standard InChI is InChI=1S/C16H14ClN3O2/c17-12-6-8-14(9-7-12)22-11-16-15(10-21)18-19-20(16)13-4-2-1-3-5-13/h1-9,21H,10-11H2. The molecule has 3 aromatic rings. The number of rotatable bonds is 5. The second-order valence-electron chi connectivity index (χ2n) is 4.63. The summed E-state index contributed by atoms with van der Waals surface area (Å²) in [5.41, 5.74) is 2.07. The molecule has 3 rings (SSSR count). The van der Waals surface area contributed by atoms with Gasteiger partial charge in [-0.2, -0.15) is 0 Å². The van der Waals surface area contributed by atoms with E-state index in [0.29, 0.717) is 22.2 Å². The zero-order chi connectivity index (χ0) is 15.4. The highest BCUT2D eigenvalue weighted by Gasteiger charge is 2.14. The highest BCUT2D eigenvalue weighted by atomic mass is 35.5. The maximum absolute atomic E-state index is 9.42. The maximum Gasteiger partial charge on any atom is 0.132 e. The molecular weight excluding hydrogens is 302 g/mol. The molecule has 1 aromatic heterocycles. The Kier molecular flexibility index (Phi) is 4.37. The van der Waals surface area contributed by atoms with Gasteiger partial charge in [-0.3, -0.25) is 0 Å². The van der Waals surface area contributed by atoms with Gasteiger partial charge in [-0.1, -0.05) is 35.0 Å². The lowest BCUT2D eigenvalue weighted by molar-refractivity contribution is 0.263. The number of para-hydroxylation sites is 1. The van der Waals surface area contributed by atoms with E-state index in [-0.39, 0.29) is 13.2 Å². The minimum atomic E-state index is -0.188. The van der Waals surface area contributed by atoms with Crippen molar-refractivity contribution in [1.29, 1.82) is 0 Å². The Morgan fingerprint density at radius 2 is 1.77 bits per heavy atom. The molecule has 0 bridgehead atoms. The summed E-state index contributed by atoms with van der Waals surface area (Å²) >= 11 is 5.85. The van der Waals surface area contributed by atoms with Gasteiger partial charge in [0, 0.05) is 5.02 Å². The molecule has 0 atom stereocenters. The molecule has 0 amide bonds. The summed E-state index contributed by atoms with van der Waals surface area (Å²) in [5, 5.41) is 18.2. The van der Waals surface area contributed by atoms with Crippen LogP contribution in [0.3, 0.4) is 0 Å². The van der Waals surface area contributed by atoms with Crippen molar-refractivity contribution in [3.63, 3.8) is 0 Å². The first-order valence-corrected chi connectivity index (χ1v) is 7.14. The highest BCUT2D eigenvalue weighted by Crippen LogP contribution is 2.19. The van der Waals surface area contributed by atoms with Crippen molar-refractivity contribution in [2.45, 2.75) is 13.2 Å². The summed E-state index contributed by atoms with van der Waals surface area (Å²) in [7, 11) is 0. The molecule has 0 radical (unpaired) electrons. The van der Waals surface area contributed by atoms with Crippen LogP contribution in [-0.2, 0) is 13.2 Å². The predicted octanol–water partition coefficient (Wildman–Crippen LogP) is 2.99. The van der Waals surface area contributed by atoms with Crippen molar-refractivity contribution in [2.75, 3.05) is 0 Å². The normalized spacial score (nSPS) is 10.6. The van der Waals surface area contributed by atoms with Crippen molar-refractivity contribution in [3.8, 4) is 11.4 Å². The zero-order valence-corrected chi connectivity index (χ0v) is 12.4. The average molecular weight is 316 g/mol. The molecule has 0 aliphatic carbocycles. The first-order valence-electron chi connectivity index (χ1n) is 6.76. The van der Waals surface area contributed by atoms with Gasteiger partial charge in [0.1, 0.15) is 23.7 Å². The van der Waals surface area contributed by atoms with E-state index in [1.54, 1.807) is 28.9 Å². The van der Waals surface area contributed by atoms with Gasteiger partial charge in [0.25, 0.3) is 0 Å². The smallest absolute Gasteiger partial charge is 0.132 e. The molecule has 1 heterocycles. The molecule has 112 valence electrons. The molecule has 22 heavy (non-hydrogen) atoms. The molecule has 2 aromatic carbocycles. The number of aliphatic hydroxyl groups is 1. The number of hydrogen-bond acceptors (Lipinski definition) is 4. The van der Waals surface area contributed by atoms with E-state index >= 15 is 0 Å². The van der Waals surface area contributed by atoms with Crippen molar-refractivity contribution in [1.82, 2.24) is 15.0 Å². The second-order valence-corrected chi connectivity index (χ2v) is 5.07. The summed E-state index contributed by atoms with van der Waals surface area (Å²) in [6, 6.07) is 16.7. The van der Waals surface area contributed by atoms with Gasteiger partial charge in [-0.05, 0) is 36.4 Å². The molecule has 0 saturated carbocycles. The average Bonchev–Trinajstić information content (AvgIpc) is 2.98. The van der Waals surface area contributed by atoms with Crippen molar-refractivity contribution >= 4 is 11.6 Å². The molecule has 0 fully saturated rings. The molecule has 1 N–H and O–H groups in total. The first-order chi connectivity index (χ1) is 10.8. The predicted molar refractivity (Wildman–Crippen MR) is 83.1 cm³/mol. The number of hydrogen-bond donors (Lipinski definition) is 1. The molecule has 6 heteroatoms. The van der Waals surface area contributed by atoms with Crippen LogP contribution in [-0.4, -0.2) is 20.1 Å². The van der Waals surface area contributed by atoms with Crippen LogP contribution >= 0.6 is 11.6 Å². The van der Waals surface area contributed by atoms with E-state index in [9.17, 15) is 5.11 Å². The van der Waals surface area contributed by atoms with E-state index in [1.165, 1.54) is 0 Å². The van der Waals surface area contributed by atoms with Crippen molar-refractivity contribution in [2.24, 2.45) is 0 Å². The minimum Gasteiger partial charge on any atom is -0.487 e. The van der Waals surface area contributed by atoms with Crippen molar-refractivity contribution < 1.29 is 9.84 Å². The van der Waals surface area contributed by atoms with Crippen LogP contribution < -0.4 is 4.74 Å². The fourth-order valence-corrected chi connectivity index (χ4v) is 2.19. The molecule has 0 aliphatic rings. The highest BCUT2D eigenvalue weighted by molar-refractivity contribution is 6.30. The van der Waals surface area contributed by atoms with E-state index in [1.807, 2.05) is 30.3 Å². The van der Waals surface area contributed by atoms with Crippen LogP contribution in [0.4, 0.5) is 0 Å². The third-order valence-electron chi connectivity index (χ3n) is 3.18. The van der Waals surface area contributed by atoms with Gasteiger partial charge < -0.3 is 9.84 Å². The van der Waals surface area contributed by atoms with E-state index < -0.39 is 0 Å². The number of nitrogens with zero attached hydrogens (tertiary/aromatic N) is 3. The Labute approximate surface area is 132 Å². The lowest BCUT2D eigenvalue weighted by atomic mass is 10.3. The van der Waals surface area contributed by atoms with Crippen LogP contribution in [0.2, 0.25) is 5.02 Å². The number of benzene rings is 2. The molecular formula is C16H14ClN3O2. The third-order valence-corrected chi connectivity index (χ3v) is 3.44. The number of aliphatic hydroxyl groups excluding tert-OH is 1. The van der Waals surface area contributed by atoms with Crippen LogP contribution in [0.5, 0.6) is 5.75 Å². The fourth-order valence-electron chi connectivity index (χ4n) is 2.06. The van der Waals surface area contributed by atoms with E-state index in [4.69, 9.17) is 16.3 Å². The van der Waals surface area contributed by atoms with Gasteiger partial charge in [-0.15, -0.1) is 5.10 Å². The summed E-state index contributed by atoms with van der Waals surface area (Å²) < 4.78 is 7.41. The SMILES string of the molecule is OCc1nnn(-c2ccccc2)c1COc1ccc(Cl)cc1. The topological polar surface area (TPSA) is 60.2 Å². The molecule has 0 unspecified atom stereocenters. The van der Waals surface area contributed by atoms with Gasteiger partial charge in [0.05, 0.1) is 12.3 Å². The Balaban J connectivity index is 1.86. The quantitative estimate of drug-likeness (QED) is 0.786. The van der Waals surface area contributed by atoms with Crippen LogP contribution in [0, 0.1) is 0 Å². The largest absolute Gasteiger partial charge is 0.487 e. The van der Waals surface area contributed by atoms with Gasteiger partial charge in [-0.25, -0.2) is 4.68 Å². The Hall–Kier alpha value is -2.37. The zero-order valence-electron chi connectivity index (χ0n) is 11.7. The molecule has 0 saturated heterocycles. The number of aromatic nitrogens is 3. The van der Waals surface area contributed by atoms with Crippen LogP contribution in [0.25, 0.3) is 5.69 Å². The monoisotopic (exact) mass is 315 g/mol. The van der Waals surface area contributed by atoms with Crippen LogP contribution in [0.1, 0.15) is 11.4 Å². The number of halogens is 1. The van der Waals surface area contributed by atoms with Crippen LogP contribution in [0.15, 0.2) is 54.6 Å². The Bertz CT molecular complexity index is 742. The van der Waals surface area contributed by atoms with Gasteiger partial charge >= 0.3 is 0 Å². The lowest BCUT2D eigenvalue weighted by Crippen LogP contribution is -2.07. The summed E-state index contributed by atoms with van der Waals surface area (Å²) in [6.07, 6.45) is 0. The third kappa shape index (κ3) is 3.10. The Morgan fingerprint density at radius 3 is 2.45 bits per heavy atom. The molecule has 5 nitrogen and oxygen atoms in total. The van der Waals surface area contributed by atoms with E-state index in [2.05, 4.69) is 10.3 Å². The van der Waals surface area contributed by atoms with Gasteiger partial charge in [0.2, 0.25) is 0 Å².